The zero-order chi connectivity index (χ0) is 16.4. The summed E-state index contributed by atoms with van der Waals surface area (Å²) in [5.41, 5.74) is 5.83. The minimum Gasteiger partial charge on any atom is -0.459 e. The van der Waals surface area contributed by atoms with Crippen LogP contribution in [0.25, 0.3) is 0 Å². The topological polar surface area (TPSA) is 79.8 Å². The number of hydrogen-bond acceptors (Lipinski definition) is 4. The Balaban J connectivity index is 0.00000208. The van der Waals surface area contributed by atoms with Crippen molar-refractivity contribution in [1.29, 1.82) is 0 Å². The fraction of sp³-hybridized carbons (Fsp3) is 0.647. The van der Waals surface area contributed by atoms with Gasteiger partial charge in [-0.15, -0.1) is 12.4 Å². The molecule has 0 aromatic carbocycles. The van der Waals surface area contributed by atoms with Crippen LogP contribution in [0.3, 0.4) is 0 Å². The molecule has 0 aliphatic carbocycles. The molecule has 1 aromatic heterocycles. The van der Waals surface area contributed by atoms with Gasteiger partial charge in [0.1, 0.15) is 6.04 Å². The van der Waals surface area contributed by atoms with Gasteiger partial charge in [0, 0.05) is 19.6 Å². The second-order valence-electron chi connectivity index (χ2n) is 7.01. The van der Waals surface area contributed by atoms with Crippen molar-refractivity contribution in [3.8, 4) is 0 Å². The number of carbonyl (C=O) groups is 2. The van der Waals surface area contributed by atoms with Crippen molar-refractivity contribution in [2.45, 2.75) is 38.6 Å². The Labute approximate surface area is 148 Å². The summed E-state index contributed by atoms with van der Waals surface area (Å²) in [6, 6.07) is 2.97. The van der Waals surface area contributed by atoms with Gasteiger partial charge in [-0.3, -0.25) is 9.59 Å². The summed E-state index contributed by atoms with van der Waals surface area (Å²) in [5, 5.41) is 0. The van der Waals surface area contributed by atoms with E-state index in [0.29, 0.717) is 25.4 Å². The van der Waals surface area contributed by atoms with Crippen molar-refractivity contribution in [2.75, 3.05) is 26.2 Å². The molecule has 0 bridgehead atoms. The number of rotatable bonds is 3. The first kappa shape index (κ1) is 18.8. The Morgan fingerprint density at radius 3 is 2.79 bits per heavy atom. The number of nitrogens with two attached hydrogens (primary N) is 1. The van der Waals surface area contributed by atoms with E-state index in [2.05, 4.69) is 6.92 Å². The van der Waals surface area contributed by atoms with E-state index < -0.39 is 0 Å². The third-order valence-electron chi connectivity index (χ3n) is 5.14. The molecule has 0 spiro atoms. The second kappa shape index (κ2) is 7.57. The molecule has 7 heteroatoms. The third kappa shape index (κ3) is 3.59. The molecular formula is C17H26ClN3O3. The summed E-state index contributed by atoms with van der Waals surface area (Å²) in [7, 11) is 0. The molecule has 2 atom stereocenters. The average molecular weight is 356 g/mol. The molecule has 6 nitrogen and oxygen atoms in total. The number of piperidine rings is 1. The van der Waals surface area contributed by atoms with E-state index in [4.69, 9.17) is 10.2 Å². The fourth-order valence-electron chi connectivity index (χ4n) is 3.56. The fourth-order valence-corrected chi connectivity index (χ4v) is 3.56. The molecule has 2 aliphatic rings. The van der Waals surface area contributed by atoms with Gasteiger partial charge in [-0.1, -0.05) is 6.92 Å². The highest BCUT2D eigenvalue weighted by atomic mass is 35.5. The second-order valence-corrected chi connectivity index (χ2v) is 7.01. The van der Waals surface area contributed by atoms with E-state index in [1.807, 2.05) is 4.90 Å². The van der Waals surface area contributed by atoms with Crippen molar-refractivity contribution in [1.82, 2.24) is 9.80 Å². The van der Waals surface area contributed by atoms with E-state index in [1.165, 1.54) is 6.26 Å². The number of nitrogens with zero attached hydrogens (tertiary/aromatic N) is 2. The summed E-state index contributed by atoms with van der Waals surface area (Å²) in [6.45, 7) is 4.72. The molecule has 3 heterocycles. The number of halogens is 1. The normalized spacial score (nSPS) is 27.0. The van der Waals surface area contributed by atoms with Crippen molar-refractivity contribution < 1.29 is 14.0 Å². The van der Waals surface area contributed by atoms with Gasteiger partial charge in [-0.05, 0) is 49.8 Å². The molecule has 0 saturated carbocycles. The van der Waals surface area contributed by atoms with Crippen LogP contribution < -0.4 is 5.73 Å². The SMILES string of the molecule is CC1(CN)CCN(C(=O)C2CCCCN2C(=O)c2ccco2)C1.Cl. The van der Waals surface area contributed by atoms with Gasteiger partial charge in [0.15, 0.2) is 5.76 Å². The van der Waals surface area contributed by atoms with E-state index in [0.717, 1.165) is 32.2 Å². The molecule has 134 valence electrons. The number of carbonyl (C=O) groups excluding carboxylic acids is 2. The molecular weight excluding hydrogens is 330 g/mol. The van der Waals surface area contributed by atoms with Crippen molar-refractivity contribution in [3.63, 3.8) is 0 Å². The van der Waals surface area contributed by atoms with Gasteiger partial charge in [-0.25, -0.2) is 0 Å². The maximum atomic E-state index is 12.9. The molecule has 24 heavy (non-hydrogen) atoms. The lowest BCUT2D eigenvalue weighted by molar-refractivity contribution is -0.136. The van der Waals surface area contributed by atoms with E-state index in [9.17, 15) is 9.59 Å². The molecule has 2 amide bonds. The molecule has 1 aromatic rings. The standard InChI is InChI=1S/C17H25N3O3.ClH/c1-17(11-18)7-9-19(12-17)15(21)13-5-2-3-8-20(13)16(22)14-6-4-10-23-14;/h4,6,10,13H,2-3,5,7-9,11-12,18H2,1H3;1H. The lowest BCUT2D eigenvalue weighted by Crippen LogP contribution is -2.53. The minimum absolute atomic E-state index is 0. The molecule has 0 radical (unpaired) electrons. The largest absolute Gasteiger partial charge is 0.459 e. The van der Waals surface area contributed by atoms with Gasteiger partial charge < -0.3 is 20.0 Å². The Kier molecular flexibility index (Phi) is 5.93. The smallest absolute Gasteiger partial charge is 0.290 e. The van der Waals surface area contributed by atoms with Gasteiger partial charge in [-0.2, -0.15) is 0 Å². The van der Waals surface area contributed by atoms with Crippen LogP contribution in [-0.4, -0.2) is 53.8 Å². The highest BCUT2D eigenvalue weighted by Crippen LogP contribution is 2.31. The average Bonchev–Trinajstić information content (AvgIpc) is 3.24. The van der Waals surface area contributed by atoms with Crippen LogP contribution in [0, 0.1) is 5.41 Å². The number of amides is 2. The van der Waals surface area contributed by atoms with Crippen LogP contribution in [0.1, 0.15) is 43.2 Å². The van der Waals surface area contributed by atoms with E-state index >= 15 is 0 Å². The Bertz CT molecular complexity index is 578. The Morgan fingerprint density at radius 2 is 2.17 bits per heavy atom. The zero-order valence-electron chi connectivity index (χ0n) is 14.1. The van der Waals surface area contributed by atoms with Crippen molar-refractivity contribution in [2.24, 2.45) is 11.1 Å². The highest BCUT2D eigenvalue weighted by Gasteiger charge is 2.41. The number of hydrogen-bond donors (Lipinski definition) is 1. The third-order valence-corrected chi connectivity index (χ3v) is 5.14. The minimum atomic E-state index is -0.374. The molecule has 2 fully saturated rings. The van der Waals surface area contributed by atoms with Crippen molar-refractivity contribution >= 4 is 24.2 Å². The quantitative estimate of drug-likeness (QED) is 0.897. The lowest BCUT2D eigenvalue weighted by atomic mass is 9.90. The van der Waals surface area contributed by atoms with Crippen LogP contribution >= 0.6 is 12.4 Å². The van der Waals surface area contributed by atoms with Crippen LogP contribution in [-0.2, 0) is 4.79 Å². The molecule has 2 N–H and O–H groups in total. The first-order valence-electron chi connectivity index (χ1n) is 8.37. The summed E-state index contributed by atoms with van der Waals surface area (Å²) < 4.78 is 5.22. The van der Waals surface area contributed by atoms with Crippen LogP contribution in [0.5, 0.6) is 0 Å². The predicted molar refractivity (Wildman–Crippen MR) is 93.0 cm³/mol. The Hall–Kier alpha value is -1.53. The number of furan rings is 1. The first-order chi connectivity index (χ1) is 11.0. The number of likely N-dealkylation sites (tertiary alicyclic amines) is 2. The van der Waals surface area contributed by atoms with Crippen LogP contribution in [0.15, 0.2) is 22.8 Å². The first-order valence-corrected chi connectivity index (χ1v) is 8.37. The van der Waals surface area contributed by atoms with E-state index in [1.54, 1.807) is 17.0 Å². The molecule has 2 unspecified atom stereocenters. The lowest BCUT2D eigenvalue weighted by Gasteiger charge is -2.36. The predicted octanol–water partition coefficient (Wildman–Crippen LogP) is 1.89. The maximum absolute atomic E-state index is 12.9. The zero-order valence-corrected chi connectivity index (χ0v) is 14.9. The van der Waals surface area contributed by atoms with Gasteiger partial charge in [0.05, 0.1) is 6.26 Å². The van der Waals surface area contributed by atoms with E-state index in [-0.39, 0.29) is 35.7 Å². The van der Waals surface area contributed by atoms with Crippen LogP contribution in [0.4, 0.5) is 0 Å². The molecule has 2 aliphatic heterocycles. The molecule has 3 rings (SSSR count). The monoisotopic (exact) mass is 355 g/mol. The summed E-state index contributed by atoms with van der Waals surface area (Å²) >= 11 is 0. The highest BCUT2D eigenvalue weighted by molar-refractivity contribution is 5.95. The van der Waals surface area contributed by atoms with Crippen molar-refractivity contribution in [3.05, 3.63) is 24.2 Å². The Morgan fingerprint density at radius 1 is 1.38 bits per heavy atom. The summed E-state index contributed by atoms with van der Waals surface area (Å²) in [5.74, 6) is 0.175. The summed E-state index contributed by atoms with van der Waals surface area (Å²) in [4.78, 5) is 29.1. The van der Waals surface area contributed by atoms with Gasteiger partial charge in [0.25, 0.3) is 5.91 Å². The van der Waals surface area contributed by atoms with Gasteiger partial charge in [0.2, 0.25) is 5.91 Å². The maximum Gasteiger partial charge on any atom is 0.290 e. The molecule has 2 saturated heterocycles. The van der Waals surface area contributed by atoms with Gasteiger partial charge >= 0.3 is 0 Å². The summed E-state index contributed by atoms with van der Waals surface area (Å²) in [6.07, 6.45) is 5.04. The van der Waals surface area contributed by atoms with Crippen LogP contribution in [0.2, 0.25) is 0 Å².